The Morgan fingerprint density at radius 3 is 2.78 bits per heavy atom. The van der Waals surface area contributed by atoms with Crippen LogP contribution in [0.5, 0.6) is 11.6 Å². The molecule has 10 heteroatoms. The summed E-state index contributed by atoms with van der Waals surface area (Å²) in [4.78, 5) is 26.0. The standard InChI is InChI=1S/C27H26ClN5O4/c1-35-20-9-8-18-23(32-20)16(10-11-29-18)24-25(31-19-5-3-4-17(28)26(19)36-2)21-22(33-24)14(12-30-27(21)34)13-37-15-6-7-15/h3-5,8-11,14-15,31,33H,6-7,12-13H2,1-2H3,(H,30,34)/t14-/m0/s1. The quantitative estimate of drug-likeness (QED) is 0.299. The second kappa shape index (κ2) is 9.57. The van der Waals surface area contributed by atoms with Crippen molar-refractivity contribution in [3.63, 3.8) is 0 Å². The van der Waals surface area contributed by atoms with Crippen molar-refractivity contribution >= 4 is 39.9 Å². The lowest BCUT2D eigenvalue weighted by molar-refractivity contribution is 0.0869. The zero-order chi connectivity index (χ0) is 25.5. The third kappa shape index (κ3) is 4.34. The molecule has 2 aliphatic rings. The highest BCUT2D eigenvalue weighted by Gasteiger charge is 2.35. The number of benzene rings is 1. The summed E-state index contributed by atoms with van der Waals surface area (Å²) in [6, 6.07) is 10.9. The molecule has 1 atom stereocenters. The molecule has 0 bridgehead atoms. The Bertz CT molecular complexity index is 1500. The number of nitrogens with one attached hydrogen (secondary N) is 3. The fourth-order valence-electron chi connectivity index (χ4n) is 4.70. The van der Waals surface area contributed by atoms with E-state index in [2.05, 4.69) is 25.6 Å². The Morgan fingerprint density at radius 2 is 2.00 bits per heavy atom. The molecule has 0 radical (unpaired) electrons. The van der Waals surface area contributed by atoms with Crippen LogP contribution in [0.15, 0.2) is 42.6 Å². The van der Waals surface area contributed by atoms with Crippen LogP contribution >= 0.6 is 11.6 Å². The number of carbonyl (C=O) groups is 1. The average molecular weight is 520 g/mol. The van der Waals surface area contributed by atoms with E-state index < -0.39 is 0 Å². The minimum absolute atomic E-state index is 0.0283. The minimum atomic E-state index is -0.174. The third-order valence-corrected chi connectivity index (χ3v) is 7.00. The fourth-order valence-corrected chi connectivity index (χ4v) is 4.95. The van der Waals surface area contributed by atoms with Crippen molar-refractivity contribution in [2.24, 2.45) is 0 Å². The summed E-state index contributed by atoms with van der Waals surface area (Å²) in [5.74, 6) is 0.749. The molecule has 4 heterocycles. The number of aromatic amines is 1. The van der Waals surface area contributed by atoms with Gasteiger partial charge in [0.2, 0.25) is 5.88 Å². The van der Waals surface area contributed by atoms with Gasteiger partial charge in [0.25, 0.3) is 5.91 Å². The Kier molecular flexibility index (Phi) is 6.10. The SMILES string of the molecule is COc1ccc2nccc(-c3[nH]c4c(c3Nc3cccc(Cl)c3OC)C(=O)NC[C@H]4COC3CC3)c2n1. The molecule has 4 aromatic rings. The first-order chi connectivity index (χ1) is 18.1. The number of halogens is 1. The number of fused-ring (bicyclic) bond motifs is 2. The molecule has 37 heavy (non-hydrogen) atoms. The maximum Gasteiger partial charge on any atom is 0.255 e. The zero-order valence-electron chi connectivity index (χ0n) is 20.4. The van der Waals surface area contributed by atoms with E-state index in [0.29, 0.717) is 69.6 Å². The van der Waals surface area contributed by atoms with Crippen molar-refractivity contribution in [2.45, 2.75) is 24.9 Å². The number of pyridine rings is 2. The van der Waals surface area contributed by atoms with Gasteiger partial charge in [0.15, 0.2) is 5.75 Å². The molecule has 1 saturated carbocycles. The van der Waals surface area contributed by atoms with Gasteiger partial charge in [-0.05, 0) is 37.1 Å². The number of anilines is 2. The van der Waals surface area contributed by atoms with Crippen LogP contribution in [0.25, 0.3) is 22.3 Å². The summed E-state index contributed by atoms with van der Waals surface area (Å²) < 4.78 is 17.0. The van der Waals surface area contributed by atoms with Gasteiger partial charge in [0.05, 0.1) is 60.1 Å². The average Bonchev–Trinajstić information content (AvgIpc) is 3.67. The summed E-state index contributed by atoms with van der Waals surface area (Å²) in [5, 5.41) is 6.93. The van der Waals surface area contributed by atoms with Crippen LogP contribution < -0.4 is 20.1 Å². The Hall–Kier alpha value is -3.82. The fraction of sp³-hybridized carbons (Fsp3) is 0.296. The van der Waals surface area contributed by atoms with Crippen molar-refractivity contribution in [1.82, 2.24) is 20.3 Å². The normalized spacial score (nSPS) is 16.8. The van der Waals surface area contributed by atoms with E-state index >= 15 is 0 Å². The van der Waals surface area contributed by atoms with Gasteiger partial charge in [-0.1, -0.05) is 17.7 Å². The minimum Gasteiger partial charge on any atom is -0.493 e. The highest BCUT2D eigenvalue weighted by molar-refractivity contribution is 6.32. The lowest BCUT2D eigenvalue weighted by atomic mass is 9.96. The van der Waals surface area contributed by atoms with E-state index in [1.54, 1.807) is 32.5 Å². The van der Waals surface area contributed by atoms with Gasteiger partial charge in [0.1, 0.15) is 5.52 Å². The Balaban J connectivity index is 1.55. The molecule has 6 rings (SSSR count). The lowest BCUT2D eigenvalue weighted by Crippen LogP contribution is -2.36. The summed E-state index contributed by atoms with van der Waals surface area (Å²) >= 11 is 6.41. The van der Waals surface area contributed by atoms with E-state index in [9.17, 15) is 4.79 Å². The van der Waals surface area contributed by atoms with Gasteiger partial charge in [0, 0.05) is 36.0 Å². The second-order valence-electron chi connectivity index (χ2n) is 9.13. The van der Waals surface area contributed by atoms with Gasteiger partial charge in [-0.2, -0.15) is 0 Å². The van der Waals surface area contributed by atoms with Crippen molar-refractivity contribution in [1.29, 1.82) is 0 Å². The first kappa shape index (κ1) is 23.6. The van der Waals surface area contributed by atoms with E-state index in [4.69, 9.17) is 25.8 Å². The molecule has 3 N–H and O–H groups in total. The smallest absolute Gasteiger partial charge is 0.255 e. The number of hydrogen-bond acceptors (Lipinski definition) is 7. The second-order valence-corrected chi connectivity index (χ2v) is 9.54. The molecular weight excluding hydrogens is 494 g/mol. The van der Waals surface area contributed by atoms with E-state index in [1.165, 1.54) is 0 Å². The van der Waals surface area contributed by atoms with Gasteiger partial charge in [-0.25, -0.2) is 4.98 Å². The van der Waals surface area contributed by atoms with Crippen LogP contribution in [-0.4, -0.2) is 54.3 Å². The summed E-state index contributed by atoms with van der Waals surface area (Å²) in [6.45, 7) is 1.00. The molecule has 1 fully saturated rings. The first-order valence-corrected chi connectivity index (χ1v) is 12.5. The molecule has 1 aromatic carbocycles. The van der Waals surface area contributed by atoms with Gasteiger partial charge in [-0.15, -0.1) is 0 Å². The Morgan fingerprint density at radius 1 is 1.14 bits per heavy atom. The van der Waals surface area contributed by atoms with E-state index in [-0.39, 0.29) is 11.8 Å². The van der Waals surface area contributed by atoms with E-state index in [0.717, 1.165) is 24.1 Å². The van der Waals surface area contributed by atoms with Crippen LogP contribution in [0, 0.1) is 0 Å². The topological polar surface area (TPSA) is 110 Å². The number of amides is 1. The number of nitrogens with zero attached hydrogens (tertiary/aromatic N) is 2. The summed E-state index contributed by atoms with van der Waals surface area (Å²) in [7, 11) is 3.13. The number of hydrogen-bond donors (Lipinski definition) is 3. The molecule has 0 saturated heterocycles. The third-order valence-electron chi connectivity index (χ3n) is 6.70. The van der Waals surface area contributed by atoms with Crippen LogP contribution in [0.4, 0.5) is 11.4 Å². The summed E-state index contributed by atoms with van der Waals surface area (Å²) in [6.07, 6.45) is 4.20. The molecule has 9 nitrogen and oxygen atoms in total. The van der Waals surface area contributed by atoms with E-state index in [1.807, 2.05) is 24.3 Å². The largest absolute Gasteiger partial charge is 0.493 e. The van der Waals surface area contributed by atoms with Crippen molar-refractivity contribution < 1.29 is 19.0 Å². The molecule has 1 aliphatic heterocycles. The number of methoxy groups -OCH3 is 2. The maximum atomic E-state index is 13.3. The lowest BCUT2D eigenvalue weighted by Gasteiger charge is -2.24. The van der Waals surface area contributed by atoms with Gasteiger partial charge >= 0.3 is 0 Å². The number of para-hydroxylation sites is 1. The molecule has 0 unspecified atom stereocenters. The molecular formula is C27H26ClN5O4. The van der Waals surface area contributed by atoms with Crippen molar-refractivity contribution in [3.8, 4) is 22.9 Å². The van der Waals surface area contributed by atoms with Gasteiger partial charge < -0.3 is 29.8 Å². The zero-order valence-corrected chi connectivity index (χ0v) is 21.2. The number of ether oxygens (including phenoxy) is 3. The van der Waals surface area contributed by atoms with Gasteiger partial charge in [-0.3, -0.25) is 9.78 Å². The predicted molar refractivity (Wildman–Crippen MR) is 141 cm³/mol. The highest BCUT2D eigenvalue weighted by Crippen LogP contribution is 2.44. The van der Waals surface area contributed by atoms with Crippen LogP contribution in [0.2, 0.25) is 5.02 Å². The number of carbonyl (C=O) groups excluding carboxylic acids is 1. The molecule has 3 aromatic heterocycles. The van der Waals surface area contributed by atoms with Crippen LogP contribution in [0.3, 0.4) is 0 Å². The van der Waals surface area contributed by atoms with Crippen LogP contribution in [0.1, 0.15) is 34.8 Å². The number of rotatable bonds is 8. The Labute approximate surface area is 218 Å². The number of aromatic nitrogens is 3. The summed E-state index contributed by atoms with van der Waals surface area (Å²) in [5.41, 5.74) is 5.40. The molecule has 1 amide bonds. The van der Waals surface area contributed by atoms with Crippen LogP contribution in [-0.2, 0) is 4.74 Å². The van der Waals surface area contributed by atoms with Crippen molar-refractivity contribution in [3.05, 3.63) is 58.9 Å². The molecule has 1 aliphatic carbocycles. The predicted octanol–water partition coefficient (Wildman–Crippen LogP) is 5.05. The first-order valence-electron chi connectivity index (χ1n) is 12.1. The number of H-pyrrole nitrogens is 1. The highest BCUT2D eigenvalue weighted by atomic mass is 35.5. The molecule has 0 spiro atoms. The monoisotopic (exact) mass is 519 g/mol. The molecule has 190 valence electrons. The van der Waals surface area contributed by atoms with Crippen molar-refractivity contribution in [2.75, 3.05) is 32.7 Å². The maximum absolute atomic E-state index is 13.3.